The molecule has 0 amide bonds. The van der Waals surface area contributed by atoms with Crippen LogP contribution in [0, 0.1) is 5.92 Å². The van der Waals surface area contributed by atoms with E-state index >= 15 is 0 Å². The van der Waals surface area contributed by atoms with Crippen molar-refractivity contribution >= 4 is 5.52 Å². The maximum Gasteiger partial charge on any atom is 0.277 e. The van der Waals surface area contributed by atoms with Crippen molar-refractivity contribution in [2.24, 2.45) is 13.0 Å². The first kappa shape index (κ1) is 13.3. The molecule has 0 aromatic carbocycles. The molecular formula is C14H20N4O2. The molecular weight excluding hydrogens is 256 g/mol. The van der Waals surface area contributed by atoms with E-state index in [1.54, 1.807) is 28.4 Å². The quantitative estimate of drug-likeness (QED) is 0.872. The summed E-state index contributed by atoms with van der Waals surface area (Å²) in [5.74, 6) is 1.03. The average Bonchev–Trinajstić information content (AvgIpc) is 2.75. The lowest BCUT2D eigenvalue weighted by Gasteiger charge is -2.45. The summed E-state index contributed by atoms with van der Waals surface area (Å²) in [6, 6.07) is 3.59. The van der Waals surface area contributed by atoms with Gasteiger partial charge in [-0.05, 0) is 26.0 Å². The number of hydrogen-bond acceptors (Lipinski definition) is 4. The van der Waals surface area contributed by atoms with Crippen molar-refractivity contribution in [2.75, 3.05) is 13.1 Å². The number of aliphatic hydroxyl groups is 1. The second kappa shape index (κ2) is 4.43. The van der Waals surface area contributed by atoms with Gasteiger partial charge in [0.05, 0.1) is 12.1 Å². The van der Waals surface area contributed by atoms with Crippen LogP contribution in [0.1, 0.15) is 19.7 Å². The van der Waals surface area contributed by atoms with Crippen LogP contribution in [-0.2, 0) is 13.6 Å². The number of likely N-dealkylation sites (tertiary alicyclic amines) is 1. The van der Waals surface area contributed by atoms with Gasteiger partial charge in [-0.25, -0.2) is 4.52 Å². The van der Waals surface area contributed by atoms with Gasteiger partial charge in [0.25, 0.3) is 5.56 Å². The Labute approximate surface area is 117 Å². The second-order valence-corrected chi connectivity index (χ2v) is 6.16. The topological polar surface area (TPSA) is 62.8 Å². The van der Waals surface area contributed by atoms with Crippen LogP contribution in [0.25, 0.3) is 5.52 Å². The third kappa shape index (κ3) is 2.14. The second-order valence-electron chi connectivity index (χ2n) is 6.16. The van der Waals surface area contributed by atoms with Crippen molar-refractivity contribution in [1.29, 1.82) is 0 Å². The van der Waals surface area contributed by atoms with Crippen molar-refractivity contribution in [1.82, 2.24) is 19.1 Å². The Morgan fingerprint density at radius 3 is 2.80 bits per heavy atom. The molecule has 1 fully saturated rings. The summed E-state index contributed by atoms with van der Waals surface area (Å²) in [6.07, 6.45) is 1.79. The van der Waals surface area contributed by atoms with Crippen LogP contribution < -0.4 is 5.56 Å². The number of hydrogen-bond donors (Lipinski definition) is 1. The van der Waals surface area contributed by atoms with E-state index in [-0.39, 0.29) is 11.5 Å². The summed E-state index contributed by atoms with van der Waals surface area (Å²) < 4.78 is 3.23. The van der Waals surface area contributed by atoms with Crippen molar-refractivity contribution in [3.8, 4) is 0 Å². The van der Waals surface area contributed by atoms with E-state index < -0.39 is 5.60 Å². The Balaban J connectivity index is 1.79. The fourth-order valence-corrected chi connectivity index (χ4v) is 2.59. The van der Waals surface area contributed by atoms with E-state index in [4.69, 9.17) is 0 Å². The molecule has 0 spiro atoms. The summed E-state index contributed by atoms with van der Waals surface area (Å²) in [5.41, 5.74) is -0.0750. The Hall–Kier alpha value is -1.66. The van der Waals surface area contributed by atoms with E-state index in [1.807, 2.05) is 19.9 Å². The highest BCUT2D eigenvalue weighted by atomic mass is 16.3. The summed E-state index contributed by atoms with van der Waals surface area (Å²) in [5, 5.41) is 14.4. The first-order valence-corrected chi connectivity index (χ1v) is 6.84. The molecule has 3 heterocycles. The van der Waals surface area contributed by atoms with Crippen molar-refractivity contribution < 1.29 is 5.11 Å². The van der Waals surface area contributed by atoms with Crippen LogP contribution in [0.15, 0.2) is 23.1 Å². The maximum absolute atomic E-state index is 12.2. The van der Waals surface area contributed by atoms with Gasteiger partial charge in [0.15, 0.2) is 0 Å². The fraction of sp³-hybridized carbons (Fsp3) is 0.571. The summed E-state index contributed by atoms with van der Waals surface area (Å²) >= 11 is 0. The van der Waals surface area contributed by atoms with Gasteiger partial charge in [0, 0.05) is 32.3 Å². The number of rotatable bonds is 3. The van der Waals surface area contributed by atoms with Crippen molar-refractivity contribution in [2.45, 2.75) is 26.0 Å². The zero-order valence-corrected chi connectivity index (χ0v) is 12.1. The molecule has 0 aliphatic carbocycles. The lowest BCUT2D eigenvalue weighted by atomic mass is 9.84. The van der Waals surface area contributed by atoms with E-state index in [2.05, 4.69) is 10.00 Å². The molecule has 1 N–H and O–H groups in total. The van der Waals surface area contributed by atoms with Crippen molar-refractivity contribution in [3.63, 3.8) is 0 Å². The van der Waals surface area contributed by atoms with Gasteiger partial charge in [0.1, 0.15) is 11.3 Å². The molecule has 1 aliphatic heterocycles. The molecule has 2 aromatic rings. The predicted octanol–water partition coefficient (Wildman–Crippen LogP) is 0.236. The van der Waals surface area contributed by atoms with E-state index in [0.717, 1.165) is 18.9 Å². The molecule has 20 heavy (non-hydrogen) atoms. The normalized spacial score (nSPS) is 17.6. The highest BCUT2D eigenvalue weighted by Crippen LogP contribution is 2.27. The van der Waals surface area contributed by atoms with Crippen LogP contribution in [0.3, 0.4) is 0 Å². The van der Waals surface area contributed by atoms with Gasteiger partial charge in [-0.2, -0.15) is 5.10 Å². The molecule has 6 heteroatoms. The highest BCUT2D eigenvalue weighted by molar-refractivity contribution is 5.43. The van der Waals surface area contributed by atoms with Crippen LogP contribution in [0.4, 0.5) is 0 Å². The maximum atomic E-state index is 12.2. The monoisotopic (exact) mass is 276 g/mol. The van der Waals surface area contributed by atoms with Crippen LogP contribution >= 0.6 is 0 Å². The standard InChI is InChI=1S/C14H20N4O2/c1-14(2,20)10-7-17(8-10)9-12-15-18-6-4-5-11(18)13(19)16(12)3/h4-6,10,20H,7-9H2,1-3H3. The molecule has 1 saturated heterocycles. The predicted molar refractivity (Wildman–Crippen MR) is 75.5 cm³/mol. The molecule has 0 bridgehead atoms. The van der Waals surface area contributed by atoms with Gasteiger partial charge in [-0.15, -0.1) is 0 Å². The van der Waals surface area contributed by atoms with E-state index in [9.17, 15) is 9.90 Å². The molecule has 0 saturated carbocycles. The van der Waals surface area contributed by atoms with Gasteiger partial charge in [-0.3, -0.25) is 14.3 Å². The molecule has 0 radical (unpaired) electrons. The highest BCUT2D eigenvalue weighted by Gasteiger charge is 2.37. The first-order chi connectivity index (χ1) is 9.36. The minimum atomic E-state index is -0.639. The van der Waals surface area contributed by atoms with Gasteiger partial charge >= 0.3 is 0 Å². The number of aromatic nitrogens is 3. The largest absolute Gasteiger partial charge is 0.390 e. The molecule has 2 aromatic heterocycles. The van der Waals surface area contributed by atoms with Crippen LogP contribution in [0.2, 0.25) is 0 Å². The Morgan fingerprint density at radius 2 is 2.15 bits per heavy atom. The zero-order chi connectivity index (χ0) is 14.5. The number of nitrogens with zero attached hydrogens (tertiary/aromatic N) is 4. The summed E-state index contributed by atoms with van der Waals surface area (Å²) in [6.45, 7) is 5.99. The summed E-state index contributed by atoms with van der Waals surface area (Å²) in [7, 11) is 1.75. The van der Waals surface area contributed by atoms with Gasteiger partial charge < -0.3 is 5.11 Å². The average molecular weight is 276 g/mol. The smallest absolute Gasteiger partial charge is 0.277 e. The fourth-order valence-electron chi connectivity index (χ4n) is 2.59. The third-order valence-electron chi connectivity index (χ3n) is 4.18. The van der Waals surface area contributed by atoms with E-state index in [1.165, 1.54) is 0 Å². The lowest BCUT2D eigenvalue weighted by molar-refractivity contribution is -0.0659. The molecule has 6 nitrogen and oxygen atoms in total. The van der Waals surface area contributed by atoms with Crippen LogP contribution in [-0.4, -0.2) is 42.9 Å². The SMILES string of the molecule is Cn1c(CN2CC(C(C)(C)O)C2)nn2cccc2c1=O. The minimum absolute atomic E-state index is 0.0282. The summed E-state index contributed by atoms with van der Waals surface area (Å²) in [4.78, 5) is 14.4. The molecule has 0 unspecified atom stereocenters. The lowest BCUT2D eigenvalue weighted by Crippen LogP contribution is -2.55. The van der Waals surface area contributed by atoms with Crippen LogP contribution in [0.5, 0.6) is 0 Å². The Bertz CT molecular complexity index is 689. The third-order valence-corrected chi connectivity index (χ3v) is 4.18. The molecule has 3 rings (SSSR count). The minimum Gasteiger partial charge on any atom is -0.390 e. The van der Waals surface area contributed by atoms with E-state index in [0.29, 0.717) is 12.1 Å². The number of fused-ring (bicyclic) bond motifs is 1. The van der Waals surface area contributed by atoms with Gasteiger partial charge in [0.2, 0.25) is 0 Å². The molecule has 1 aliphatic rings. The zero-order valence-electron chi connectivity index (χ0n) is 12.1. The van der Waals surface area contributed by atoms with Crippen molar-refractivity contribution in [3.05, 3.63) is 34.5 Å². The molecule has 0 atom stereocenters. The Kier molecular flexibility index (Phi) is 2.95. The molecule has 108 valence electrons. The van der Waals surface area contributed by atoms with Gasteiger partial charge in [-0.1, -0.05) is 0 Å². The first-order valence-electron chi connectivity index (χ1n) is 6.84. The Morgan fingerprint density at radius 1 is 1.45 bits per heavy atom.